The Morgan fingerprint density at radius 2 is 0.964 bits per heavy atom. The van der Waals surface area contributed by atoms with Crippen LogP contribution in [0.25, 0.3) is 32.7 Å². The molecule has 4 N–H and O–H groups in total. The van der Waals surface area contributed by atoms with Crippen molar-refractivity contribution in [3.8, 4) is 0 Å². The normalized spacial score (nSPS) is 18.2. The Balaban J connectivity index is 0.000000164. The lowest BCUT2D eigenvalue weighted by molar-refractivity contribution is -0.125. The number of rotatable bonds is 13. The molecule has 3 aliphatic carbocycles. The number of fused-ring (bicyclic) bond motifs is 3. The number of aromatic nitrogens is 6. The molecule has 20 heteroatoms. The van der Waals surface area contributed by atoms with Crippen LogP contribution >= 0.6 is 0 Å². The number of allylic oxidation sites excluding steroid dienone is 3. The molecule has 3 aromatic carbocycles. The van der Waals surface area contributed by atoms with E-state index in [2.05, 4.69) is 56.0 Å². The van der Waals surface area contributed by atoms with Crippen molar-refractivity contribution >= 4 is 67.9 Å². The molecule has 0 spiro atoms. The number of ketones is 2. The van der Waals surface area contributed by atoms with Crippen molar-refractivity contribution in [2.75, 3.05) is 20.6 Å². The average Bonchev–Trinajstić information content (AvgIpc) is 1.55. The van der Waals surface area contributed by atoms with Crippen LogP contribution in [0.15, 0.2) is 106 Å². The fourth-order valence-electron chi connectivity index (χ4n) is 11.2. The van der Waals surface area contributed by atoms with Crippen molar-refractivity contribution in [2.45, 2.75) is 150 Å². The summed E-state index contributed by atoms with van der Waals surface area (Å²) in [6.45, 7) is 23.9. The zero-order valence-electron chi connectivity index (χ0n) is 49.5. The van der Waals surface area contributed by atoms with Gasteiger partial charge in [0, 0.05) is 50.5 Å². The molecule has 4 aliphatic rings. The lowest BCUT2D eigenvalue weighted by Crippen LogP contribution is -2.41. The summed E-state index contributed by atoms with van der Waals surface area (Å²) in [5, 5.41) is 12.8. The number of hydrogen-bond donors (Lipinski definition) is 4. The number of benzene rings is 3. The van der Waals surface area contributed by atoms with Gasteiger partial charge in [-0.25, -0.2) is 15.0 Å². The lowest BCUT2D eigenvalue weighted by atomic mass is 9.90. The molecule has 3 unspecified atom stereocenters. The van der Waals surface area contributed by atoms with Gasteiger partial charge in [0.05, 0.1) is 51.3 Å². The highest BCUT2D eigenvalue weighted by Crippen LogP contribution is 2.32. The lowest BCUT2D eigenvalue weighted by Gasteiger charge is -2.26. The summed E-state index contributed by atoms with van der Waals surface area (Å²) in [7, 11) is 3.64. The molecule has 3 saturated carbocycles. The number of likely N-dealkylation sites (N-methyl/N-ethyl adjacent to an activating group) is 1. The summed E-state index contributed by atoms with van der Waals surface area (Å²) in [6, 6.07) is 14.7. The van der Waals surface area contributed by atoms with E-state index < -0.39 is 18.1 Å². The summed E-state index contributed by atoms with van der Waals surface area (Å²) < 4.78 is 4.51. The van der Waals surface area contributed by atoms with Crippen LogP contribution in [-0.2, 0) is 48.4 Å². The molecular formula is C64H77N11O9. The third kappa shape index (κ3) is 14.4. The predicted molar refractivity (Wildman–Crippen MR) is 323 cm³/mol. The molecule has 20 nitrogen and oxygen atoms in total. The van der Waals surface area contributed by atoms with Crippen molar-refractivity contribution in [1.29, 1.82) is 0 Å². The summed E-state index contributed by atoms with van der Waals surface area (Å²) in [6.07, 6.45) is 6.58. The van der Waals surface area contributed by atoms with Crippen LogP contribution in [0.5, 0.6) is 0 Å². The number of carbonyl (C=O) groups is 6. The van der Waals surface area contributed by atoms with Gasteiger partial charge in [0.2, 0.25) is 23.6 Å². The molecule has 84 heavy (non-hydrogen) atoms. The zero-order chi connectivity index (χ0) is 60.9. The van der Waals surface area contributed by atoms with Gasteiger partial charge in [0.15, 0.2) is 11.6 Å². The molecule has 1 aliphatic heterocycles. The summed E-state index contributed by atoms with van der Waals surface area (Å²) in [4.78, 5) is 129. The van der Waals surface area contributed by atoms with Gasteiger partial charge in [-0.2, -0.15) is 0 Å². The van der Waals surface area contributed by atoms with Gasteiger partial charge in [-0.1, -0.05) is 88.1 Å². The van der Waals surface area contributed by atoms with Gasteiger partial charge in [-0.3, -0.25) is 56.9 Å². The van der Waals surface area contributed by atoms with E-state index in [4.69, 9.17) is 0 Å². The minimum atomic E-state index is -0.603. The molecule has 3 atom stereocenters. The Kier molecular flexibility index (Phi) is 19.0. The van der Waals surface area contributed by atoms with Gasteiger partial charge in [0.1, 0.15) is 23.5 Å². The van der Waals surface area contributed by atoms with E-state index in [-0.39, 0.29) is 89.4 Å². The maximum atomic E-state index is 13.4. The van der Waals surface area contributed by atoms with E-state index in [9.17, 15) is 43.2 Å². The molecule has 4 heterocycles. The third-order valence-corrected chi connectivity index (χ3v) is 15.5. The highest BCUT2D eigenvalue weighted by atomic mass is 16.2. The molecule has 0 bridgehead atoms. The van der Waals surface area contributed by atoms with E-state index in [0.717, 1.165) is 36.8 Å². The van der Waals surface area contributed by atoms with Crippen LogP contribution in [0, 0.1) is 32.1 Å². The largest absolute Gasteiger partial charge is 0.352 e. The van der Waals surface area contributed by atoms with Crippen LogP contribution < -0.4 is 37.9 Å². The Morgan fingerprint density at radius 3 is 1.35 bits per heavy atom. The first kappa shape index (κ1) is 61.5. The Hall–Kier alpha value is -8.52. The number of aryl methyl sites for hydroxylation is 3. The second kappa shape index (κ2) is 26.0. The SMILES string of the molecule is C=C1CCC(n2c(C)nc3cccc(CNC(=O)C4CC4)c3c2=O)C(=O)N1.C=C1CCC(n2c(C)nc3cccc(CNC(=O)CC(C)(C)C)c3c2=O)C(=O)C1.C=C1CCC(n2c(C)nc3cccc(CNC(=O)CN(C)C)c3c2=O)C(=O)C1. The maximum Gasteiger partial charge on any atom is 0.262 e. The van der Waals surface area contributed by atoms with Crippen molar-refractivity contribution in [2.24, 2.45) is 11.3 Å². The quantitative estimate of drug-likeness (QED) is 0.0848. The van der Waals surface area contributed by atoms with Crippen LogP contribution in [0.3, 0.4) is 0 Å². The van der Waals surface area contributed by atoms with E-state index in [1.807, 2.05) is 71.3 Å². The number of amides is 4. The highest BCUT2D eigenvalue weighted by molar-refractivity contribution is 5.89. The first-order valence-electron chi connectivity index (χ1n) is 28.7. The van der Waals surface area contributed by atoms with Crippen LogP contribution in [-0.4, -0.2) is 89.4 Å². The monoisotopic (exact) mass is 1140 g/mol. The standard InChI is InChI=1S/C23H29N3O3.C21H26N4O3.C20H22N4O3/c1-14-9-10-18(19(27)11-14)26-15(2)25-17-8-6-7-16(21(17)22(26)29)13-24-20(28)12-23(3,4)5;1-13-8-9-17(18(26)10-13)25-14(2)23-16-7-5-6-15(20(16)21(25)28)11-22-19(27)12-24(3)4;1-11-6-9-16(19(26)22-11)24-12(2)23-15-5-3-4-14(17(15)20(24)27)10-21-18(25)13-7-8-13/h6-8,18H,1,9-13H2,2-5H3,(H,24,28);5-7,17H,1,8-12H2,2-4H3,(H,22,27);3-5,13,16H,1,6-10H2,2H3,(H,21,25)(H,22,26). The van der Waals surface area contributed by atoms with Crippen LogP contribution in [0.4, 0.5) is 0 Å². The highest BCUT2D eigenvalue weighted by Gasteiger charge is 2.33. The smallest absolute Gasteiger partial charge is 0.262 e. The van der Waals surface area contributed by atoms with Crippen molar-refractivity contribution < 1.29 is 28.8 Å². The van der Waals surface area contributed by atoms with Gasteiger partial charge in [0.25, 0.3) is 16.7 Å². The van der Waals surface area contributed by atoms with Gasteiger partial charge in [-0.05, 0) is 127 Å². The van der Waals surface area contributed by atoms with Gasteiger partial charge < -0.3 is 26.2 Å². The van der Waals surface area contributed by atoms with Gasteiger partial charge in [-0.15, -0.1) is 0 Å². The number of carbonyl (C=O) groups excluding carboxylic acids is 6. The number of hydrogen-bond acceptors (Lipinski definition) is 13. The summed E-state index contributed by atoms with van der Waals surface area (Å²) >= 11 is 0. The number of nitrogens with one attached hydrogen (secondary N) is 4. The Bertz CT molecular complexity index is 3860. The molecule has 3 aromatic heterocycles. The Morgan fingerprint density at radius 1 is 0.571 bits per heavy atom. The minimum absolute atomic E-state index is 0.000586. The van der Waals surface area contributed by atoms with E-state index in [1.165, 1.54) is 13.7 Å². The molecule has 1 saturated heterocycles. The molecule has 10 rings (SSSR count). The second-order valence-electron chi connectivity index (χ2n) is 24.0. The molecule has 442 valence electrons. The molecule has 6 aromatic rings. The van der Waals surface area contributed by atoms with Crippen molar-refractivity contribution in [3.05, 3.63) is 156 Å². The predicted octanol–water partition coefficient (Wildman–Crippen LogP) is 7.04. The third-order valence-electron chi connectivity index (χ3n) is 15.5. The number of nitrogens with zero attached hydrogens (tertiary/aromatic N) is 7. The second-order valence-corrected chi connectivity index (χ2v) is 24.0. The Labute approximate surface area is 487 Å². The van der Waals surface area contributed by atoms with E-state index >= 15 is 0 Å². The van der Waals surface area contributed by atoms with Crippen LogP contribution in [0.2, 0.25) is 0 Å². The first-order valence-corrected chi connectivity index (χ1v) is 28.7. The van der Waals surface area contributed by atoms with E-state index in [1.54, 1.807) is 43.9 Å². The summed E-state index contributed by atoms with van der Waals surface area (Å²) in [5.74, 6) is 1.27. The zero-order valence-corrected chi connectivity index (χ0v) is 49.5. The molecule has 4 amide bonds. The number of piperidine rings is 1. The first-order chi connectivity index (χ1) is 39.8. The van der Waals surface area contributed by atoms with Crippen molar-refractivity contribution in [3.63, 3.8) is 0 Å². The van der Waals surface area contributed by atoms with Crippen molar-refractivity contribution in [1.82, 2.24) is 54.8 Å². The molecular weight excluding hydrogens is 1070 g/mol. The fourth-order valence-corrected chi connectivity index (χ4v) is 11.2. The van der Waals surface area contributed by atoms with Gasteiger partial charge >= 0.3 is 0 Å². The summed E-state index contributed by atoms with van der Waals surface area (Å²) in [5.41, 5.74) is 5.53. The number of Topliss-reactive ketones (excluding diaryl/α,β-unsaturated/α-hetero) is 2. The van der Waals surface area contributed by atoms with E-state index in [0.29, 0.717) is 118 Å². The topological polar surface area (TPSA) is 258 Å². The van der Waals surface area contributed by atoms with Crippen LogP contribution in [0.1, 0.15) is 144 Å². The fraction of sp³-hybridized carbons (Fsp3) is 0.438. The average molecular weight is 1140 g/mol. The molecule has 0 radical (unpaired) electrons. The maximum absolute atomic E-state index is 13.4. The molecule has 4 fully saturated rings. The minimum Gasteiger partial charge on any atom is -0.352 e.